The SMILES string of the molecule is CCOC(=O)N[C@@H]1CC[C@@H]2[C@@H](C1)C[C@H]1C(=O)O[C@H](O)[C@H]1[C@H]2/C=C/c1ccc(-c2ccccn2)cn1. The standard InChI is InChI=1S/C27H31N3O5/c1-2-34-27(33)30-19-9-10-20-17(13-19)14-22-24(26(32)35-25(22)31)21(20)11-8-18-7-6-16(15-29-18)23-5-3-4-12-28-23/h3-8,11-12,15,17,19-22,24,26,32H,2,9-10,13-14H2,1H3,(H,30,33)/b11-8+/t17-,19+,20+,21-,22+,24-,26-/m0/s1. The summed E-state index contributed by atoms with van der Waals surface area (Å²) in [5.74, 6) is -0.378. The number of pyridine rings is 2. The molecule has 35 heavy (non-hydrogen) atoms. The number of nitrogens with one attached hydrogen (secondary N) is 1. The second kappa shape index (κ2) is 10.2. The molecule has 2 aromatic rings. The van der Waals surface area contributed by atoms with E-state index in [1.165, 1.54) is 0 Å². The predicted octanol–water partition coefficient (Wildman–Crippen LogP) is 3.82. The van der Waals surface area contributed by atoms with E-state index in [0.29, 0.717) is 18.9 Å². The van der Waals surface area contributed by atoms with Crippen LogP contribution in [-0.2, 0) is 14.3 Å². The Morgan fingerprint density at radius 1 is 1.23 bits per heavy atom. The predicted molar refractivity (Wildman–Crippen MR) is 128 cm³/mol. The Bertz CT molecular complexity index is 1070. The summed E-state index contributed by atoms with van der Waals surface area (Å²) in [6.07, 6.45) is 9.35. The van der Waals surface area contributed by atoms with E-state index in [2.05, 4.69) is 21.4 Å². The summed E-state index contributed by atoms with van der Waals surface area (Å²) < 4.78 is 10.3. The number of allylic oxidation sites excluding steroid dienone is 1. The van der Waals surface area contributed by atoms with Crippen LogP contribution in [0, 0.1) is 29.6 Å². The number of nitrogens with zero attached hydrogens (tertiary/aromatic N) is 2. The molecule has 5 rings (SSSR count). The van der Waals surface area contributed by atoms with E-state index in [1.54, 1.807) is 19.3 Å². The Balaban J connectivity index is 1.34. The summed E-state index contributed by atoms with van der Waals surface area (Å²) in [5.41, 5.74) is 2.62. The third-order valence-corrected chi connectivity index (χ3v) is 7.70. The monoisotopic (exact) mass is 477 g/mol. The van der Waals surface area contributed by atoms with Crippen LogP contribution in [-0.4, -0.2) is 46.1 Å². The number of esters is 1. The minimum Gasteiger partial charge on any atom is -0.450 e. The molecule has 2 N–H and O–H groups in total. The molecule has 0 radical (unpaired) electrons. The molecule has 1 aliphatic heterocycles. The molecule has 0 bridgehead atoms. The van der Waals surface area contributed by atoms with Gasteiger partial charge in [-0.2, -0.15) is 0 Å². The fraction of sp³-hybridized carbons (Fsp3) is 0.481. The molecule has 0 aromatic carbocycles. The smallest absolute Gasteiger partial charge is 0.407 e. The van der Waals surface area contributed by atoms with Crippen molar-refractivity contribution in [2.75, 3.05) is 6.61 Å². The summed E-state index contributed by atoms with van der Waals surface area (Å²) >= 11 is 0. The van der Waals surface area contributed by atoms with Crippen LogP contribution in [0.1, 0.15) is 38.3 Å². The number of aliphatic hydroxyl groups excluding tert-OH is 1. The van der Waals surface area contributed by atoms with Crippen molar-refractivity contribution in [2.45, 2.75) is 44.9 Å². The third-order valence-electron chi connectivity index (χ3n) is 7.70. The number of hydrogen-bond donors (Lipinski definition) is 2. The van der Waals surface area contributed by atoms with Crippen molar-refractivity contribution in [3.63, 3.8) is 0 Å². The van der Waals surface area contributed by atoms with Crippen LogP contribution in [0.2, 0.25) is 0 Å². The van der Waals surface area contributed by atoms with E-state index in [4.69, 9.17) is 9.47 Å². The zero-order valence-corrected chi connectivity index (χ0v) is 19.7. The van der Waals surface area contributed by atoms with Crippen molar-refractivity contribution in [2.24, 2.45) is 29.6 Å². The molecule has 184 valence electrons. The first-order valence-electron chi connectivity index (χ1n) is 12.4. The van der Waals surface area contributed by atoms with Crippen molar-refractivity contribution in [1.29, 1.82) is 0 Å². The first-order chi connectivity index (χ1) is 17.0. The van der Waals surface area contributed by atoms with Gasteiger partial charge in [-0.05, 0) is 80.7 Å². The van der Waals surface area contributed by atoms with Gasteiger partial charge in [0.05, 0.1) is 23.9 Å². The van der Waals surface area contributed by atoms with Crippen LogP contribution in [0.4, 0.5) is 4.79 Å². The number of hydrogen-bond acceptors (Lipinski definition) is 7. The highest BCUT2D eigenvalue weighted by atomic mass is 16.6. The number of fused-ring (bicyclic) bond motifs is 2. The fourth-order valence-electron chi connectivity index (χ4n) is 6.17. The number of cyclic esters (lactones) is 1. The van der Waals surface area contributed by atoms with Crippen molar-refractivity contribution in [1.82, 2.24) is 15.3 Å². The van der Waals surface area contributed by atoms with Gasteiger partial charge in [-0.15, -0.1) is 0 Å². The quantitative estimate of drug-likeness (QED) is 0.630. The van der Waals surface area contributed by atoms with Gasteiger partial charge in [0.1, 0.15) is 0 Å². The van der Waals surface area contributed by atoms with Crippen LogP contribution in [0.5, 0.6) is 0 Å². The minimum absolute atomic E-state index is 0.0130. The minimum atomic E-state index is -1.09. The molecular weight excluding hydrogens is 446 g/mol. The summed E-state index contributed by atoms with van der Waals surface area (Å²) in [7, 11) is 0. The number of amides is 1. The van der Waals surface area contributed by atoms with Gasteiger partial charge in [0.25, 0.3) is 0 Å². The van der Waals surface area contributed by atoms with Gasteiger partial charge >= 0.3 is 12.1 Å². The number of aromatic nitrogens is 2. The maximum atomic E-state index is 12.5. The van der Waals surface area contributed by atoms with Crippen molar-refractivity contribution in [3.8, 4) is 11.3 Å². The zero-order chi connectivity index (χ0) is 24.4. The van der Waals surface area contributed by atoms with Gasteiger partial charge < -0.3 is 19.9 Å². The molecule has 3 heterocycles. The largest absolute Gasteiger partial charge is 0.450 e. The Morgan fingerprint density at radius 3 is 2.86 bits per heavy atom. The Labute approximate surface area is 204 Å². The first kappa shape index (κ1) is 23.5. The molecule has 3 fully saturated rings. The van der Waals surface area contributed by atoms with Crippen molar-refractivity contribution in [3.05, 3.63) is 54.5 Å². The summed E-state index contributed by atoms with van der Waals surface area (Å²) in [6, 6.07) is 9.74. The molecule has 2 aromatic heterocycles. The van der Waals surface area contributed by atoms with Crippen LogP contribution in [0.15, 0.2) is 48.8 Å². The molecule has 8 nitrogen and oxygen atoms in total. The highest BCUT2D eigenvalue weighted by molar-refractivity contribution is 5.75. The van der Waals surface area contributed by atoms with Crippen molar-refractivity contribution >= 4 is 18.1 Å². The van der Waals surface area contributed by atoms with E-state index < -0.39 is 12.4 Å². The van der Waals surface area contributed by atoms with E-state index in [-0.39, 0.29) is 35.7 Å². The molecular formula is C27H31N3O5. The summed E-state index contributed by atoms with van der Waals surface area (Å²) in [4.78, 5) is 33.4. The number of alkyl carbamates (subject to hydrolysis) is 1. The Morgan fingerprint density at radius 2 is 2.11 bits per heavy atom. The average Bonchev–Trinajstić information content (AvgIpc) is 3.15. The summed E-state index contributed by atoms with van der Waals surface area (Å²) in [6.45, 7) is 2.12. The van der Waals surface area contributed by atoms with Gasteiger partial charge in [-0.3, -0.25) is 14.8 Å². The highest BCUT2D eigenvalue weighted by Crippen LogP contribution is 2.53. The number of rotatable bonds is 5. The topological polar surface area (TPSA) is 111 Å². The van der Waals surface area contributed by atoms with Crippen LogP contribution >= 0.6 is 0 Å². The second-order valence-corrected chi connectivity index (χ2v) is 9.67. The Kier molecular flexibility index (Phi) is 6.81. The van der Waals surface area contributed by atoms with Crippen LogP contribution in [0.25, 0.3) is 17.3 Å². The van der Waals surface area contributed by atoms with E-state index in [0.717, 1.165) is 36.2 Å². The highest BCUT2D eigenvalue weighted by Gasteiger charge is 2.55. The average molecular weight is 478 g/mol. The maximum absolute atomic E-state index is 12.5. The molecule has 8 heteroatoms. The second-order valence-electron chi connectivity index (χ2n) is 9.67. The van der Waals surface area contributed by atoms with E-state index in [1.807, 2.05) is 36.4 Å². The lowest BCUT2D eigenvalue weighted by Crippen LogP contribution is -2.48. The molecule has 2 aliphatic carbocycles. The maximum Gasteiger partial charge on any atom is 0.407 e. The lowest BCUT2D eigenvalue weighted by molar-refractivity contribution is -0.157. The summed E-state index contributed by atoms with van der Waals surface area (Å²) in [5, 5.41) is 13.5. The number of aliphatic hydroxyl groups is 1. The zero-order valence-electron chi connectivity index (χ0n) is 19.7. The van der Waals surface area contributed by atoms with Gasteiger partial charge in [-0.25, -0.2) is 4.79 Å². The normalized spacial score (nSPS) is 31.9. The van der Waals surface area contributed by atoms with E-state index in [9.17, 15) is 14.7 Å². The van der Waals surface area contributed by atoms with Gasteiger partial charge in [0.15, 0.2) is 0 Å². The van der Waals surface area contributed by atoms with Gasteiger partial charge in [0.2, 0.25) is 6.29 Å². The van der Waals surface area contributed by atoms with Crippen LogP contribution < -0.4 is 5.32 Å². The molecule has 1 saturated heterocycles. The first-order valence-corrected chi connectivity index (χ1v) is 12.4. The molecule has 3 aliphatic rings. The molecule has 1 amide bonds. The fourth-order valence-corrected chi connectivity index (χ4v) is 6.17. The van der Waals surface area contributed by atoms with Crippen LogP contribution in [0.3, 0.4) is 0 Å². The van der Waals surface area contributed by atoms with Gasteiger partial charge in [0, 0.05) is 29.9 Å². The molecule has 7 atom stereocenters. The lowest BCUT2D eigenvalue weighted by atomic mass is 9.57. The molecule has 2 saturated carbocycles. The Hall–Kier alpha value is -3.26. The van der Waals surface area contributed by atoms with E-state index >= 15 is 0 Å². The van der Waals surface area contributed by atoms with Crippen molar-refractivity contribution < 1.29 is 24.2 Å². The molecule has 0 spiro atoms. The number of ether oxygens (including phenoxy) is 2. The molecule has 0 unspecified atom stereocenters. The third kappa shape index (κ3) is 4.93. The number of carbonyl (C=O) groups excluding carboxylic acids is 2. The lowest BCUT2D eigenvalue weighted by Gasteiger charge is -2.47. The van der Waals surface area contributed by atoms with Gasteiger partial charge in [-0.1, -0.05) is 12.1 Å². The number of carbonyl (C=O) groups is 2.